The van der Waals surface area contributed by atoms with E-state index in [1.807, 2.05) is 32.0 Å². The molecule has 2 rings (SSSR count). The molecule has 1 atom stereocenters. The highest BCUT2D eigenvalue weighted by Crippen LogP contribution is 2.20. The van der Waals surface area contributed by atoms with Crippen molar-refractivity contribution in [2.45, 2.75) is 27.3 Å². The number of carbonyl (C=O) groups excluding carboxylic acids is 1. The van der Waals surface area contributed by atoms with Crippen LogP contribution in [0.3, 0.4) is 0 Å². The highest BCUT2D eigenvalue weighted by molar-refractivity contribution is 5.93. The van der Waals surface area contributed by atoms with Gasteiger partial charge in [-0.05, 0) is 25.0 Å². The van der Waals surface area contributed by atoms with E-state index in [1.54, 1.807) is 6.92 Å². The molecule has 1 aromatic heterocycles. The van der Waals surface area contributed by atoms with Gasteiger partial charge < -0.3 is 5.32 Å². The van der Waals surface area contributed by atoms with E-state index in [0.717, 1.165) is 16.8 Å². The third-order valence-electron chi connectivity index (χ3n) is 3.47. The number of carbonyl (C=O) groups is 1. The van der Waals surface area contributed by atoms with Gasteiger partial charge in [-0.1, -0.05) is 25.1 Å². The lowest BCUT2D eigenvalue weighted by Gasteiger charge is -2.15. The van der Waals surface area contributed by atoms with Crippen molar-refractivity contribution in [3.8, 4) is 0 Å². The fourth-order valence-corrected chi connectivity index (χ4v) is 2.17. The molecule has 0 radical (unpaired) electrons. The second-order valence-electron chi connectivity index (χ2n) is 5.33. The van der Waals surface area contributed by atoms with Crippen LogP contribution in [0.4, 0.5) is 11.4 Å². The molecule has 0 aliphatic rings. The molecule has 0 aliphatic heterocycles. The van der Waals surface area contributed by atoms with Gasteiger partial charge in [0.15, 0.2) is 0 Å². The van der Waals surface area contributed by atoms with Crippen LogP contribution in [0.15, 0.2) is 30.6 Å². The predicted molar refractivity (Wildman–Crippen MR) is 82.6 cm³/mol. The Balaban J connectivity index is 2.04. The number of hydrogen-bond donors (Lipinski definition) is 1. The largest absolute Gasteiger partial charge is 0.325 e. The van der Waals surface area contributed by atoms with Crippen LogP contribution in [0.25, 0.3) is 0 Å². The fourth-order valence-electron chi connectivity index (χ4n) is 2.17. The Bertz CT molecular complexity index is 688. The van der Waals surface area contributed by atoms with E-state index in [0.29, 0.717) is 0 Å². The third kappa shape index (κ3) is 3.49. The number of anilines is 1. The smallest absolute Gasteiger partial charge is 0.306 e. The monoisotopic (exact) mass is 302 g/mol. The van der Waals surface area contributed by atoms with Crippen LogP contribution in [0.5, 0.6) is 0 Å². The predicted octanol–water partition coefficient (Wildman–Crippen LogP) is 2.68. The molecule has 116 valence electrons. The van der Waals surface area contributed by atoms with Gasteiger partial charge in [0, 0.05) is 5.69 Å². The maximum atomic E-state index is 12.3. The summed E-state index contributed by atoms with van der Waals surface area (Å²) in [6, 6.07) is 5.81. The highest BCUT2D eigenvalue weighted by atomic mass is 16.6. The number of para-hydroxylation sites is 1. The summed E-state index contributed by atoms with van der Waals surface area (Å²) in [7, 11) is 0. The maximum Gasteiger partial charge on any atom is 0.306 e. The lowest BCUT2D eigenvalue weighted by molar-refractivity contribution is -0.385. The number of benzene rings is 1. The molecule has 0 aliphatic carbocycles. The van der Waals surface area contributed by atoms with E-state index < -0.39 is 4.92 Å². The Morgan fingerprint density at radius 1 is 1.41 bits per heavy atom. The van der Waals surface area contributed by atoms with Crippen molar-refractivity contribution >= 4 is 17.3 Å². The van der Waals surface area contributed by atoms with Crippen molar-refractivity contribution in [2.75, 3.05) is 5.32 Å². The quantitative estimate of drug-likeness (QED) is 0.679. The molecule has 2 aromatic rings. The van der Waals surface area contributed by atoms with E-state index in [9.17, 15) is 14.9 Å². The Morgan fingerprint density at radius 2 is 2.05 bits per heavy atom. The first-order valence-corrected chi connectivity index (χ1v) is 6.92. The van der Waals surface area contributed by atoms with Gasteiger partial charge in [-0.15, -0.1) is 0 Å². The van der Waals surface area contributed by atoms with Crippen molar-refractivity contribution < 1.29 is 9.72 Å². The Labute approximate surface area is 128 Å². The van der Waals surface area contributed by atoms with Gasteiger partial charge in [-0.25, -0.2) is 0 Å². The Morgan fingerprint density at radius 3 is 2.59 bits per heavy atom. The SMILES string of the molecule is Cc1cccc(C)c1NC(=O)C(C)Cn1cc([N+](=O)[O-])cn1. The van der Waals surface area contributed by atoms with Gasteiger partial charge >= 0.3 is 5.69 Å². The van der Waals surface area contributed by atoms with Crippen LogP contribution in [-0.4, -0.2) is 20.6 Å². The maximum absolute atomic E-state index is 12.3. The number of hydrogen-bond acceptors (Lipinski definition) is 4. The van der Waals surface area contributed by atoms with E-state index >= 15 is 0 Å². The molecule has 0 bridgehead atoms. The van der Waals surface area contributed by atoms with Gasteiger partial charge in [0.1, 0.15) is 12.4 Å². The number of aryl methyl sites for hydroxylation is 2. The standard InChI is InChI=1S/C15H18N4O3/c1-10-5-4-6-11(2)14(10)17-15(20)12(3)8-18-9-13(7-16-18)19(21)22/h4-7,9,12H,8H2,1-3H3,(H,17,20). The number of amides is 1. The van der Waals surface area contributed by atoms with E-state index in [-0.39, 0.29) is 24.1 Å². The van der Waals surface area contributed by atoms with Crippen molar-refractivity contribution in [1.82, 2.24) is 9.78 Å². The van der Waals surface area contributed by atoms with E-state index in [1.165, 1.54) is 17.1 Å². The minimum Gasteiger partial charge on any atom is -0.325 e. The van der Waals surface area contributed by atoms with E-state index in [2.05, 4.69) is 10.4 Å². The number of rotatable bonds is 5. The molecular formula is C15H18N4O3. The zero-order valence-electron chi connectivity index (χ0n) is 12.7. The minimum atomic E-state index is -0.509. The van der Waals surface area contributed by atoms with Crippen LogP contribution >= 0.6 is 0 Å². The second-order valence-corrected chi connectivity index (χ2v) is 5.33. The van der Waals surface area contributed by atoms with Crippen LogP contribution in [0.1, 0.15) is 18.1 Å². The first-order chi connectivity index (χ1) is 10.4. The summed E-state index contributed by atoms with van der Waals surface area (Å²) in [6.45, 7) is 5.91. The van der Waals surface area contributed by atoms with Crippen LogP contribution in [0.2, 0.25) is 0 Å². The zero-order chi connectivity index (χ0) is 16.3. The molecule has 0 spiro atoms. The molecule has 7 nitrogen and oxygen atoms in total. The van der Waals surface area contributed by atoms with Crippen LogP contribution in [0, 0.1) is 29.9 Å². The van der Waals surface area contributed by atoms with Crippen molar-refractivity contribution in [1.29, 1.82) is 0 Å². The summed E-state index contributed by atoms with van der Waals surface area (Å²) in [6.07, 6.45) is 2.50. The average Bonchev–Trinajstić information content (AvgIpc) is 2.91. The Kier molecular flexibility index (Phi) is 4.55. The molecular weight excluding hydrogens is 284 g/mol. The topological polar surface area (TPSA) is 90.1 Å². The summed E-state index contributed by atoms with van der Waals surface area (Å²) in [5, 5.41) is 17.4. The molecule has 1 amide bonds. The van der Waals surface area contributed by atoms with Crippen LogP contribution < -0.4 is 5.32 Å². The third-order valence-corrected chi connectivity index (χ3v) is 3.47. The molecule has 0 fully saturated rings. The molecule has 1 unspecified atom stereocenters. The molecule has 0 saturated heterocycles. The average molecular weight is 302 g/mol. The van der Waals surface area contributed by atoms with Crippen molar-refractivity contribution in [3.05, 3.63) is 51.8 Å². The normalized spacial score (nSPS) is 12.0. The molecule has 0 saturated carbocycles. The zero-order valence-corrected chi connectivity index (χ0v) is 12.7. The Hall–Kier alpha value is -2.70. The van der Waals surface area contributed by atoms with Gasteiger partial charge in [0.05, 0.1) is 17.4 Å². The van der Waals surface area contributed by atoms with E-state index in [4.69, 9.17) is 0 Å². The number of nitro groups is 1. The molecule has 7 heteroatoms. The van der Waals surface area contributed by atoms with Crippen molar-refractivity contribution in [2.24, 2.45) is 5.92 Å². The van der Waals surface area contributed by atoms with Gasteiger partial charge in [0.2, 0.25) is 5.91 Å². The summed E-state index contributed by atoms with van der Waals surface area (Å²) in [5.41, 5.74) is 2.72. The van der Waals surface area contributed by atoms with Crippen molar-refractivity contribution in [3.63, 3.8) is 0 Å². The highest BCUT2D eigenvalue weighted by Gasteiger charge is 2.17. The lowest BCUT2D eigenvalue weighted by atomic mass is 10.1. The molecule has 1 N–H and O–H groups in total. The summed E-state index contributed by atoms with van der Waals surface area (Å²) in [5.74, 6) is -0.505. The van der Waals surface area contributed by atoms with Crippen LogP contribution in [-0.2, 0) is 11.3 Å². The van der Waals surface area contributed by atoms with Gasteiger partial charge in [-0.3, -0.25) is 19.6 Å². The first kappa shape index (κ1) is 15.7. The van der Waals surface area contributed by atoms with Gasteiger partial charge in [0.25, 0.3) is 0 Å². The summed E-state index contributed by atoms with van der Waals surface area (Å²) >= 11 is 0. The fraction of sp³-hybridized carbons (Fsp3) is 0.333. The minimum absolute atomic E-state index is 0.0812. The summed E-state index contributed by atoms with van der Waals surface area (Å²) < 4.78 is 1.41. The number of aromatic nitrogens is 2. The lowest BCUT2D eigenvalue weighted by Crippen LogP contribution is -2.25. The van der Waals surface area contributed by atoms with Gasteiger partial charge in [-0.2, -0.15) is 5.10 Å². The molecule has 22 heavy (non-hydrogen) atoms. The molecule has 1 aromatic carbocycles. The first-order valence-electron chi connectivity index (χ1n) is 6.92. The summed E-state index contributed by atoms with van der Waals surface area (Å²) in [4.78, 5) is 22.4. The number of nitrogens with zero attached hydrogens (tertiary/aromatic N) is 3. The number of nitrogens with one attached hydrogen (secondary N) is 1. The second kappa shape index (κ2) is 6.38. The molecule has 1 heterocycles.